The third-order valence-electron chi connectivity index (χ3n) is 3.63. The fourth-order valence-electron chi connectivity index (χ4n) is 2.65. The Kier molecular flexibility index (Phi) is 2.89. The zero-order valence-electron chi connectivity index (χ0n) is 11.9. The number of anilines is 2. The second kappa shape index (κ2) is 4.37. The van der Waals surface area contributed by atoms with E-state index < -0.39 is 10.0 Å². The maximum absolute atomic E-state index is 12.0. The average Bonchev–Trinajstić information content (AvgIpc) is 2.89. The lowest BCUT2D eigenvalue weighted by atomic mass is 10.2. The molecule has 0 saturated carbocycles. The Morgan fingerprint density at radius 3 is 2.65 bits per heavy atom. The van der Waals surface area contributed by atoms with Crippen molar-refractivity contribution in [1.82, 2.24) is 9.78 Å². The molecule has 7 heteroatoms. The third kappa shape index (κ3) is 1.93. The number of aryl methyl sites for hydroxylation is 1. The van der Waals surface area contributed by atoms with Gasteiger partial charge in [0.15, 0.2) is 5.82 Å². The molecule has 0 N–H and O–H groups in total. The molecule has 2 aromatic rings. The average molecular weight is 294 g/mol. The molecule has 2 heterocycles. The molecular weight excluding hydrogens is 276 g/mol. The molecule has 0 spiro atoms. The van der Waals surface area contributed by atoms with Crippen molar-refractivity contribution in [1.29, 1.82) is 0 Å². The SMILES string of the molecule is CN(C)c1nn(C)c2ccc(N3CCCS3(=O)=O)cc12. The Morgan fingerprint density at radius 1 is 1.30 bits per heavy atom. The molecule has 0 radical (unpaired) electrons. The summed E-state index contributed by atoms with van der Waals surface area (Å²) in [5.41, 5.74) is 1.72. The van der Waals surface area contributed by atoms with E-state index in [1.165, 1.54) is 4.31 Å². The summed E-state index contributed by atoms with van der Waals surface area (Å²) in [6.07, 6.45) is 0.688. The number of fused-ring (bicyclic) bond motifs is 1. The summed E-state index contributed by atoms with van der Waals surface area (Å²) in [6, 6.07) is 5.70. The van der Waals surface area contributed by atoms with Gasteiger partial charge in [-0.05, 0) is 24.6 Å². The van der Waals surface area contributed by atoms with Gasteiger partial charge in [0.1, 0.15) is 0 Å². The number of hydrogen-bond acceptors (Lipinski definition) is 4. The molecule has 1 saturated heterocycles. The molecule has 1 aromatic heterocycles. The molecule has 20 heavy (non-hydrogen) atoms. The zero-order chi connectivity index (χ0) is 14.5. The smallest absolute Gasteiger partial charge is 0.235 e. The maximum Gasteiger partial charge on any atom is 0.235 e. The maximum atomic E-state index is 12.0. The third-order valence-corrected chi connectivity index (χ3v) is 5.49. The van der Waals surface area contributed by atoms with Crippen molar-refractivity contribution in [2.45, 2.75) is 6.42 Å². The topological polar surface area (TPSA) is 58.4 Å². The molecule has 0 atom stereocenters. The summed E-state index contributed by atoms with van der Waals surface area (Å²) in [4.78, 5) is 1.94. The Balaban J connectivity index is 2.17. The number of hydrogen-bond donors (Lipinski definition) is 0. The minimum Gasteiger partial charge on any atom is -0.361 e. The van der Waals surface area contributed by atoms with E-state index in [4.69, 9.17) is 0 Å². The first-order chi connectivity index (χ1) is 9.40. The summed E-state index contributed by atoms with van der Waals surface area (Å²) in [7, 11) is 2.61. The Morgan fingerprint density at radius 2 is 2.05 bits per heavy atom. The molecule has 3 rings (SSSR count). The van der Waals surface area contributed by atoms with Crippen LogP contribution in [0.2, 0.25) is 0 Å². The minimum atomic E-state index is -3.14. The van der Waals surface area contributed by atoms with E-state index in [-0.39, 0.29) is 5.75 Å². The monoisotopic (exact) mass is 294 g/mol. The van der Waals surface area contributed by atoms with Crippen LogP contribution in [0.15, 0.2) is 18.2 Å². The Labute approximate surface area is 118 Å². The fraction of sp³-hybridized carbons (Fsp3) is 0.462. The van der Waals surface area contributed by atoms with Gasteiger partial charge in [0.05, 0.1) is 17.0 Å². The Bertz CT molecular complexity index is 764. The molecule has 0 bridgehead atoms. The number of rotatable bonds is 2. The molecule has 0 aliphatic carbocycles. The van der Waals surface area contributed by atoms with Crippen LogP contribution in [-0.4, -0.2) is 44.6 Å². The molecule has 1 aliphatic rings. The predicted molar refractivity (Wildman–Crippen MR) is 80.8 cm³/mol. The van der Waals surface area contributed by atoms with Crippen molar-refractivity contribution in [3.63, 3.8) is 0 Å². The minimum absolute atomic E-state index is 0.235. The molecule has 0 unspecified atom stereocenters. The largest absolute Gasteiger partial charge is 0.361 e. The van der Waals surface area contributed by atoms with Crippen LogP contribution >= 0.6 is 0 Å². The summed E-state index contributed by atoms with van der Waals surface area (Å²) < 4.78 is 27.3. The van der Waals surface area contributed by atoms with Crippen molar-refractivity contribution >= 4 is 32.4 Å². The second-order valence-electron chi connectivity index (χ2n) is 5.28. The molecule has 0 amide bonds. The second-order valence-corrected chi connectivity index (χ2v) is 7.30. The van der Waals surface area contributed by atoms with Crippen LogP contribution in [0.3, 0.4) is 0 Å². The number of benzene rings is 1. The highest BCUT2D eigenvalue weighted by molar-refractivity contribution is 7.93. The molecule has 1 aliphatic heterocycles. The van der Waals surface area contributed by atoms with E-state index in [0.717, 1.165) is 22.4 Å². The highest BCUT2D eigenvalue weighted by Crippen LogP contribution is 2.31. The highest BCUT2D eigenvalue weighted by atomic mass is 32.2. The van der Waals surface area contributed by atoms with Crippen LogP contribution in [0.5, 0.6) is 0 Å². The predicted octanol–water partition coefficient (Wildman–Crippen LogP) is 1.18. The number of sulfonamides is 1. The van der Waals surface area contributed by atoms with Crippen molar-refractivity contribution in [2.75, 3.05) is 35.6 Å². The summed E-state index contributed by atoms with van der Waals surface area (Å²) in [5, 5.41) is 5.44. The van der Waals surface area contributed by atoms with Crippen LogP contribution in [0, 0.1) is 0 Å². The molecule has 108 valence electrons. The summed E-state index contributed by atoms with van der Waals surface area (Å²) in [6.45, 7) is 0.561. The van der Waals surface area contributed by atoms with Crippen LogP contribution in [0.1, 0.15) is 6.42 Å². The lowest BCUT2D eigenvalue weighted by Gasteiger charge is -2.17. The normalized spacial score (nSPS) is 17.9. The van der Waals surface area contributed by atoms with Crippen molar-refractivity contribution in [2.24, 2.45) is 7.05 Å². The standard InChI is InChI=1S/C13H18N4O2S/c1-15(2)13-11-9-10(5-6-12(11)16(3)14-13)17-7-4-8-20(17,18)19/h5-6,9H,4,7-8H2,1-3H3. The molecule has 1 fully saturated rings. The van der Waals surface area contributed by atoms with Crippen molar-refractivity contribution in [3.05, 3.63) is 18.2 Å². The highest BCUT2D eigenvalue weighted by Gasteiger charge is 2.28. The van der Waals surface area contributed by atoms with Gasteiger partial charge < -0.3 is 4.90 Å². The zero-order valence-corrected chi connectivity index (χ0v) is 12.7. The molecule has 6 nitrogen and oxygen atoms in total. The van der Waals surface area contributed by atoms with Gasteiger partial charge in [-0.3, -0.25) is 8.99 Å². The number of aromatic nitrogens is 2. The first kappa shape index (κ1) is 13.2. The van der Waals surface area contributed by atoms with Crippen LogP contribution in [-0.2, 0) is 17.1 Å². The van der Waals surface area contributed by atoms with Crippen LogP contribution in [0.25, 0.3) is 10.9 Å². The van der Waals surface area contributed by atoms with Crippen LogP contribution in [0.4, 0.5) is 11.5 Å². The Hall–Kier alpha value is -1.76. The van der Waals surface area contributed by atoms with Gasteiger partial charge in [-0.15, -0.1) is 0 Å². The van der Waals surface area contributed by atoms with Crippen molar-refractivity contribution < 1.29 is 8.42 Å². The van der Waals surface area contributed by atoms with Crippen molar-refractivity contribution in [3.8, 4) is 0 Å². The van der Waals surface area contributed by atoms with E-state index >= 15 is 0 Å². The summed E-state index contributed by atoms with van der Waals surface area (Å²) >= 11 is 0. The lowest BCUT2D eigenvalue weighted by molar-refractivity contribution is 0.599. The van der Waals surface area contributed by atoms with Gasteiger partial charge in [0.25, 0.3) is 0 Å². The van der Waals surface area contributed by atoms with Gasteiger partial charge in [0, 0.05) is 33.1 Å². The summed E-state index contributed by atoms with van der Waals surface area (Å²) in [5.74, 6) is 1.08. The molecule has 1 aromatic carbocycles. The van der Waals surface area contributed by atoms with E-state index in [1.807, 2.05) is 48.9 Å². The lowest BCUT2D eigenvalue weighted by Crippen LogP contribution is -2.24. The van der Waals surface area contributed by atoms with Gasteiger partial charge >= 0.3 is 0 Å². The van der Waals surface area contributed by atoms with Gasteiger partial charge in [-0.1, -0.05) is 0 Å². The van der Waals surface area contributed by atoms with Gasteiger partial charge in [-0.25, -0.2) is 8.42 Å². The number of nitrogens with zero attached hydrogens (tertiary/aromatic N) is 4. The van der Waals surface area contributed by atoms with Gasteiger partial charge in [0.2, 0.25) is 10.0 Å². The fourth-order valence-corrected chi connectivity index (χ4v) is 4.21. The molecular formula is C13H18N4O2S. The van der Waals surface area contributed by atoms with Crippen LogP contribution < -0.4 is 9.21 Å². The van der Waals surface area contributed by atoms with E-state index in [2.05, 4.69) is 5.10 Å². The first-order valence-electron chi connectivity index (χ1n) is 6.54. The van der Waals surface area contributed by atoms with E-state index in [1.54, 1.807) is 0 Å². The van der Waals surface area contributed by atoms with E-state index in [9.17, 15) is 8.42 Å². The van der Waals surface area contributed by atoms with Gasteiger partial charge in [-0.2, -0.15) is 5.10 Å². The quantitative estimate of drug-likeness (QED) is 0.834. The van der Waals surface area contributed by atoms with E-state index in [0.29, 0.717) is 13.0 Å². The first-order valence-corrected chi connectivity index (χ1v) is 8.15.